The minimum atomic E-state index is 0.234. The van der Waals surface area contributed by atoms with Crippen molar-refractivity contribution in [2.75, 3.05) is 0 Å². The van der Waals surface area contributed by atoms with E-state index in [1.165, 1.54) is 0 Å². The van der Waals surface area contributed by atoms with Crippen LogP contribution in [0.2, 0.25) is 0 Å². The maximum atomic E-state index is 11.3. The summed E-state index contributed by atoms with van der Waals surface area (Å²) >= 11 is 0. The van der Waals surface area contributed by atoms with Gasteiger partial charge in [0.2, 0.25) is 0 Å². The summed E-state index contributed by atoms with van der Waals surface area (Å²) in [6, 6.07) is 7.32. The van der Waals surface area contributed by atoms with Gasteiger partial charge in [0, 0.05) is 12.8 Å². The number of benzene rings is 1. The number of carbonyl (C=O) groups is 1. The molecule has 0 heterocycles. The van der Waals surface area contributed by atoms with Crippen LogP contribution >= 0.6 is 0 Å². The van der Waals surface area contributed by atoms with Crippen molar-refractivity contribution in [3.63, 3.8) is 0 Å². The van der Waals surface area contributed by atoms with E-state index < -0.39 is 0 Å². The zero-order valence-electron chi connectivity index (χ0n) is 8.07. The quantitative estimate of drug-likeness (QED) is 0.739. The molecule has 0 spiro atoms. The average Bonchev–Trinajstić information content (AvgIpc) is 2.18. The van der Waals surface area contributed by atoms with Gasteiger partial charge in [0.05, 0.1) is 0 Å². The largest absolute Gasteiger partial charge is 0.508 e. The average molecular weight is 190 g/mol. The van der Waals surface area contributed by atoms with Crippen molar-refractivity contribution in [1.29, 1.82) is 0 Å². The van der Waals surface area contributed by atoms with Crippen molar-refractivity contribution in [2.24, 2.45) is 0 Å². The normalized spacial score (nSPS) is 22.3. The van der Waals surface area contributed by atoms with E-state index in [1.807, 2.05) is 18.2 Å². The third-order valence-corrected chi connectivity index (χ3v) is 2.86. The summed E-state index contributed by atoms with van der Waals surface area (Å²) in [5.41, 5.74) is 0.931. The summed E-state index contributed by atoms with van der Waals surface area (Å²) in [6.07, 6.45) is 3.28. The second-order valence-corrected chi connectivity index (χ2v) is 3.89. The Hall–Kier alpha value is -1.31. The van der Waals surface area contributed by atoms with Crippen LogP contribution in [0.3, 0.4) is 0 Å². The standard InChI is InChI=1S/C12H14O2/c13-10-5-3-4-9(8-10)11-6-1-2-7-12(11)14/h1-2,6-7,9,14H,3-5,8H2. The molecule has 1 saturated carbocycles. The van der Waals surface area contributed by atoms with Gasteiger partial charge >= 0.3 is 0 Å². The summed E-state index contributed by atoms with van der Waals surface area (Å²) in [7, 11) is 0. The SMILES string of the molecule is O=C1CCCC(c2ccccc2O)C1. The Morgan fingerprint density at radius 1 is 1.29 bits per heavy atom. The van der Waals surface area contributed by atoms with Gasteiger partial charge in [-0.15, -0.1) is 0 Å². The van der Waals surface area contributed by atoms with Crippen molar-refractivity contribution in [1.82, 2.24) is 0 Å². The van der Waals surface area contributed by atoms with Crippen LogP contribution in [-0.4, -0.2) is 10.9 Å². The van der Waals surface area contributed by atoms with Crippen LogP contribution in [-0.2, 0) is 4.79 Å². The highest BCUT2D eigenvalue weighted by Crippen LogP contribution is 2.35. The Balaban J connectivity index is 2.22. The fourth-order valence-electron chi connectivity index (χ4n) is 2.12. The van der Waals surface area contributed by atoms with Crippen molar-refractivity contribution in [3.8, 4) is 5.75 Å². The molecule has 1 aromatic rings. The smallest absolute Gasteiger partial charge is 0.133 e. The van der Waals surface area contributed by atoms with E-state index in [9.17, 15) is 9.90 Å². The molecule has 0 amide bonds. The molecule has 0 aromatic heterocycles. The first kappa shape index (κ1) is 9.25. The van der Waals surface area contributed by atoms with Gasteiger partial charge in [0.15, 0.2) is 0 Å². The molecular formula is C12H14O2. The van der Waals surface area contributed by atoms with E-state index in [1.54, 1.807) is 6.07 Å². The highest BCUT2D eigenvalue weighted by molar-refractivity contribution is 5.80. The van der Waals surface area contributed by atoms with Crippen LogP contribution in [0.25, 0.3) is 0 Å². The highest BCUT2D eigenvalue weighted by atomic mass is 16.3. The number of aromatic hydroxyl groups is 1. The molecule has 1 atom stereocenters. The summed E-state index contributed by atoms with van der Waals surface area (Å²) in [4.78, 5) is 11.3. The Kier molecular flexibility index (Phi) is 2.53. The van der Waals surface area contributed by atoms with E-state index in [2.05, 4.69) is 0 Å². The second kappa shape index (κ2) is 3.82. The number of para-hydroxylation sites is 1. The predicted octanol–water partition coefficient (Wildman–Crippen LogP) is 2.62. The molecule has 2 rings (SSSR count). The van der Waals surface area contributed by atoms with Crippen LogP contribution < -0.4 is 0 Å². The van der Waals surface area contributed by atoms with Crippen LogP contribution in [0.15, 0.2) is 24.3 Å². The lowest BCUT2D eigenvalue weighted by Gasteiger charge is -2.21. The van der Waals surface area contributed by atoms with Crippen molar-refractivity contribution in [2.45, 2.75) is 31.6 Å². The van der Waals surface area contributed by atoms with Crippen LogP contribution in [0.5, 0.6) is 5.75 Å². The number of phenolic OH excluding ortho intramolecular Hbond substituents is 1. The predicted molar refractivity (Wildman–Crippen MR) is 54.3 cm³/mol. The monoisotopic (exact) mass is 190 g/mol. The van der Waals surface area contributed by atoms with Crippen molar-refractivity contribution >= 4 is 5.78 Å². The van der Waals surface area contributed by atoms with Gasteiger partial charge in [-0.2, -0.15) is 0 Å². The zero-order chi connectivity index (χ0) is 9.97. The van der Waals surface area contributed by atoms with Gasteiger partial charge in [0.1, 0.15) is 11.5 Å². The van der Waals surface area contributed by atoms with Gasteiger partial charge < -0.3 is 5.11 Å². The van der Waals surface area contributed by atoms with E-state index >= 15 is 0 Å². The van der Waals surface area contributed by atoms with Crippen molar-refractivity contribution in [3.05, 3.63) is 29.8 Å². The first-order valence-electron chi connectivity index (χ1n) is 5.07. The van der Waals surface area contributed by atoms with E-state index in [4.69, 9.17) is 0 Å². The molecule has 2 heteroatoms. The molecule has 0 aliphatic heterocycles. The minimum absolute atomic E-state index is 0.234. The molecule has 1 N–H and O–H groups in total. The summed E-state index contributed by atoms with van der Waals surface area (Å²) in [6.45, 7) is 0. The lowest BCUT2D eigenvalue weighted by atomic mass is 9.83. The molecule has 0 radical (unpaired) electrons. The lowest BCUT2D eigenvalue weighted by Crippen LogP contribution is -2.13. The van der Waals surface area contributed by atoms with E-state index in [0.29, 0.717) is 24.4 Å². The Bertz CT molecular complexity index is 344. The lowest BCUT2D eigenvalue weighted by molar-refractivity contribution is -0.120. The highest BCUT2D eigenvalue weighted by Gasteiger charge is 2.22. The van der Waals surface area contributed by atoms with Gasteiger partial charge in [-0.25, -0.2) is 0 Å². The molecule has 0 bridgehead atoms. The topological polar surface area (TPSA) is 37.3 Å². The molecule has 1 aliphatic rings. The second-order valence-electron chi connectivity index (χ2n) is 3.89. The fourth-order valence-corrected chi connectivity index (χ4v) is 2.12. The molecule has 14 heavy (non-hydrogen) atoms. The van der Waals surface area contributed by atoms with Crippen LogP contribution in [0.1, 0.15) is 37.2 Å². The van der Waals surface area contributed by atoms with Gasteiger partial charge in [-0.05, 0) is 30.4 Å². The Labute approximate surface area is 83.6 Å². The number of rotatable bonds is 1. The molecule has 1 aromatic carbocycles. The van der Waals surface area contributed by atoms with Crippen LogP contribution in [0, 0.1) is 0 Å². The summed E-state index contributed by atoms with van der Waals surface area (Å²) in [5, 5.41) is 9.64. The molecule has 2 nitrogen and oxygen atoms in total. The summed E-state index contributed by atoms with van der Waals surface area (Å²) < 4.78 is 0. The number of hydrogen-bond donors (Lipinski definition) is 1. The van der Waals surface area contributed by atoms with Gasteiger partial charge in [-0.1, -0.05) is 18.2 Å². The maximum absolute atomic E-state index is 11.3. The minimum Gasteiger partial charge on any atom is -0.508 e. The number of Topliss-reactive ketones (excluding diaryl/α,β-unsaturated/α-hetero) is 1. The maximum Gasteiger partial charge on any atom is 0.133 e. The Morgan fingerprint density at radius 3 is 2.79 bits per heavy atom. The number of hydrogen-bond acceptors (Lipinski definition) is 2. The molecule has 1 unspecified atom stereocenters. The van der Waals surface area contributed by atoms with Gasteiger partial charge in [-0.3, -0.25) is 4.79 Å². The summed E-state index contributed by atoms with van der Waals surface area (Å²) in [5.74, 6) is 0.883. The van der Waals surface area contributed by atoms with Crippen molar-refractivity contribution < 1.29 is 9.90 Å². The molecule has 1 aliphatic carbocycles. The Morgan fingerprint density at radius 2 is 2.07 bits per heavy atom. The number of phenols is 1. The molecular weight excluding hydrogens is 176 g/mol. The molecule has 74 valence electrons. The zero-order valence-corrected chi connectivity index (χ0v) is 8.07. The van der Waals surface area contributed by atoms with Gasteiger partial charge in [0.25, 0.3) is 0 Å². The first-order chi connectivity index (χ1) is 6.77. The van der Waals surface area contributed by atoms with Crippen LogP contribution in [0.4, 0.5) is 0 Å². The fraction of sp³-hybridized carbons (Fsp3) is 0.417. The third kappa shape index (κ3) is 1.79. The van der Waals surface area contributed by atoms with E-state index in [0.717, 1.165) is 18.4 Å². The number of ketones is 1. The van der Waals surface area contributed by atoms with E-state index in [-0.39, 0.29) is 5.92 Å². The number of carbonyl (C=O) groups excluding carboxylic acids is 1. The molecule has 0 saturated heterocycles. The molecule has 1 fully saturated rings. The third-order valence-electron chi connectivity index (χ3n) is 2.86. The first-order valence-corrected chi connectivity index (χ1v) is 5.07.